The molecule has 0 radical (unpaired) electrons. The molecule has 104 valence electrons. The second-order valence-electron chi connectivity index (χ2n) is 4.45. The largest absolute Gasteiger partial charge is 0.378 e. The Kier molecular flexibility index (Phi) is 4.34. The SMILES string of the molecule is Cc1cnc(CNc2ccccc2Br)c(C)c1[N+](=O)[O-]. The molecule has 2 aromatic rings. The van der Waals surface area contributed by atoms with Gasteiger partial charge in [0.2, 0.25) is 0 Å². The predicted octanol–water partition coefficient (Wildman–Crippen LogP) is 3.98. The number of para-hydroxylation sites is 1. The van der Waals surface area contributed by atoms with Crippen LogP contribution in [0.15, 0.2) is 34.9 Å². The minimum Gasteiger partial charge on any atom is -0.378 e. The highest BCUT2D eigenvalue weighted by Crippen LogP contribution is 2.26. The van der Waals surface area contributed by atoms with Crippen LogP contribution in [0.1, 0.15) is 16.8 Å². The van der Waals surface area contributed by atoms with Gasteiger partial charge in [-0.25, -0.2) is 0 Å². The number of nitrogens with zero attached hydrogens (tertiary/aromatic N) is 2. The highest BCUT2D eigenvalue weighted by Gasteiger charge is 2.18. The van der Waals surface area contributed by atoms with Crippen molar-refractivity contribution in [3.8, 4) is 0 Å². The Balaban J connectivity index is 2.25. The van der Waals surface area contributed by atoms with E-state index in [1.807, 2.05) is 24.3 Å². The molecular formula is C14H14BrN3O2. The van der Waals surface area contributed by atoms with Crippen LogP contribution >= 0.6 is 15.9 Å². The summed E-state index contributed by atoms with van der Waals surface area (Å²) >= 11 is 3.45. The quantitative estimate of drug-likeness (QED) is 0.677. The first kappa shape index (κ1) is 14.5. The molecule has 2 rings (SSSR count). The fourth-order valence-corrected chi connectivity index (χ4v) is 2.43. The zero-order valence-electron chi connectivity index (χ0n) is 11.2. The number of aryl methyl sites for hydroxylation is 1. The number of hydrogen-bond acceptors (Lipinski definition) is 4. The summed E-state index contributed by atoms with van der Waals surface area (Å²) in [5, 5.41) is 14.3. The Bertz CT molecular complexity index is 659. The van der Waals surface area contributed by atoms with Crippen LogP contribution in [0.2, 0.25) is 0 Å². The molecular weight excluding hydrogens is 322 g/mol. The first-order chi connectivity index (χ1) is 9.50. The van der Waals surface area contributed by atoms with E-state index in [0.717, 1.165) is 10.2 Å². The van der Waals surface area contributed by atoms with E-state index in [-0.39, 0.29) is 10.6 Å². The van der Waals surface area contributed by atoms with E-state index in [2.05, 4.69) is 26.2 Å². The van der Waals surface area contributed by atoms with Gasteiger partial charge in [0.25, 0.3) is 5.69 Å². The summed E-state index contributed by atoms with van der Waals surface area (Å²) in [7, 11) is 0. The molecule has 0 aliphatic heterocycles. The van der Waals surface area contributed by atoms with E-state index >= 15 is 0 Å². The summed E-state index contributed by atoms with van der Waals surface area (Å²) in [6.45, 7) is 3.87. The minimum absolute atomic E-state index is 0.143. The molecule has 1 N–H and O–H groups in total. The van der Waals surface area contributed by atoms with Crippen molar-refractivity contribution in [2.24, 2.45) is 0 Å². The van der Waals surface area contributed by atoms with Crippen LogP contribution in [0.3, 0.4) is 0 Å². The van der Waals surface area contributed by atoms with E-state index in [9.17, 15) is 10.1 Å². The molecule has 0 saturated heterocycles. The van der Waals surface area contributed by atoms with E-state index in [4.69, 9.17) is 0 Å². The maximum Gasteiger partial charge on any atom is 0.278 e. The smallest absolute Gasteiger partial charge is 0.278 e. The van der Waals surface area contributed by atoms with Crippen LogP contribution in [0.4, 0.5) is 11.4 Å². The molecule has 0 bridgehead atoms. The van der Waals surface area contributed by atoms with Crippen molar-refractivity contribution < 1.29 is 4.92 Å². The molecule has 0 aliphatic rings. The molecule has 0 unspecified atom stereocenters. The van der Waals surface area contributed by atoms with Gasteiger partial charge in [0.1, 0.15) is 0 Å². The van der Waals surface area contributed by atoms with E-state index in [1.54, 1.807) is 20.0 Å². The maximum atomic E-state index is 11.1. The zero-order chi connectivity index (χ0) is 14.7. The Morgan fingerprint density at radius 2 is 2.05 bits per heavy atom. The molecule has 0 aliphatic carbocycles. The van der Waals surface area contributed by atoms with Crippen LogP contribution in [-0.2, 0) is 6.54 Å². The van der Waals surface area contributed by atoms with Crippen LogP contribution in [0, 0.1) is 24.0 Å². The van der Waals surface area contributed by atoms with Crippen molar-refractivity contribution in [2.75, 3.05) is 5.32 Å². The van der Waals surface area contributed by atoms with Gasteiger partial charge in [0, 0.05) is 21.9 Å². The third-order valence-electron chi connectivity index (χ3n) is 3.08. The van der Waals surface area contributed by atoms with Gasteiger partial charge in [-0.05, 0) is 41.9 Å². The molecule has 0 fully saturated rings. The normalized spacial score (nSPS) is 10.3. The average molecular weight is 336 g/mol. The summed E-state index contributed by atoms with van der Waals surface area (Å²) < 4.78 is 0.944. The first-order valence-corrected chi connectivity index (χ1v) is 6.88. The summed E-state index contributed by atoms with van der Waals surface area (Å²) in [4.78, 5) is 15.0. The standard InChI is InChI=1S/C14H14BrN3O2/c1-9-7-16-13(10(2)14(9)18(19)20)8-17-12-6-4-3-5-11(12)15/h3-7,17H,8H2,1-2H3. The maximum absolute atomic E-state index is 11.1. The number of hydrogen-bond donors (Lipinski definition) is 1. The Hall–Kier alpha value is -1.95. The molecule has 0 spiro atoms. The highest BCUT2D eigenvalue weighted by atomic mass is 79.9. The summed E-state index contributed by atoms with van der Waals surface area (Å²) in [5.41, 5.74) is 2.94. The van der Waals surface area contributed by atoms with Crippen molar-refractivity contribution in [2.45, 2.75) is 20.4 Å². The van der Waals surface area contributed by atoms with E-state index in [0.29, 0.717) is 23.4 Å². The summed E-state index contributed by atoms with van der Waals surface area (Å²) in [5.74, 6) is 0. The van der Waals surface area contributed by atoms with Crippen molar-refractivity contribution in [3.05, 3.63) is 61.9 Å². The van der Waals surface area contributed by atoms with Crippen molar-refractivity contribution in [1.29, 1.82) is 0 Å². The number of pyridine rings is 1. The zero-order valence-corrected chi connectivity index (χ0v) is 12.8. The highest BCUT2D eigenvalue weighted by molar-refractivity contribution is 9.10. The monoisotopic (exact) mass is 335 g/mol. The van der Waals surface area contributed by atoms with E-state index < -0.39 is 0 Å². The molecule has 1 heterocycles. The topological polar surface area (TPSA) is 68.1 Å². The lowest BCUT2D eigenvalue weighted by atomic mass is 10.1. The lowest BCUT2D eigenvalue weighted by Gasteiger charge is -2.10. The van der Waals surface area contributed by atoms with Gasteiger partial charge in [-0.1, -0.05) is 12.1 Å². The number of nitrogens with one attached hydrogen (secondary N) is 1. The van der Waals surface area contributed by atoms with Crippen molar-refractivity contribution in [1.82, 2.24) is 4.98 Å². The van der Waals surface area contributed by atoms with Crippen molar-refractivity contribution in [3.63, 3.8) is 0 Å². The van der Waals surface area contributed by atoms with Gasteiger partial charge in [0.05, 0.1) is 22.7 Å². The Labute approximate surface area is 125 Å². The van der Waals surface area contributed by atoms with Crippen LogP contribution in [-0.4, -0.2) is 9.91 Å². The first-order valence-electron chi connectivity index (χ1n) is 6.08. The van der Waals surface area contributed by atoms with Crippen LogP contribution in [0.25, 0.3) is 0 Å². The number of aromatic nitrogens is 1. The van der Waals surface area contributed by atoms with Crippen LogP contribution < -0.4 is 5.32 Å². The lowest BCUT2D eigenvalue weighted by Crippen LogP contribution is -2.07. The number of benzene rings is 1. The minimum atomic E-state index is -0.353. The fraction of sp³-hybridized carbons (Fsp3) is 0.214. The fourth-order valence-electron chi connectivity index (χ4n) is 2.01. The molecule has 0 amide bonds. The van der Waals surface area contributed by atoms with E-state index in [1.165, 1.54) is 0 Å². The van der Waals surface area contributed by atoms with Crippen LogP contribution in [0.5, 0.6) is 0 Å². The van der Waals surface area contributed by atoms with Gasteiger partial charge in [0.15, 0.2) is 0 Å². The summed E-state index contributed by atoms with van der Waals surface area (Å²) in [6.07, 6.45) is 1.54. The number of nitro groups is 1. The second-order valence-corrected chi connectivity index (χ2v) is 5.31. The Morgan fingerprint density at radius 1 is 1.35 bits per heavy atom. The molecule has 20 heavy (non-hydrogen) atoms. The third-order valence-corrected chi connectivity index (χ3v) is 3.77. The molecule has 1 aromatic carbocycles. The summed E-state index contributed by atoms with van der Waals surface area (Å²) in [6, 6.07) is 7.71. The lowest BCUT2D eigenvalue weighted by molar-refractivity contribution is -0.386. The van der Waals surface area contributed by atoms with Crippen molar-refractivity contribution >= 4 is 27.3 Å². The molecule has 6 heteroatoms. The van der Waals surface area contributed by atoms with Gasteiger partial charge in [-0.2, -0.15) is 0 Å². The predicted molar refractivity (Wildman–Crippen MR) is 81.8 cm³/mol. The molecule has 0 atom stereocenters. The molecule has 0 saturated carbocycles. The molecule has 1 aromatic heterocycles. The number of rotatable bonds is 4. The average Bonchev–Trinajstić information content (AvgIpc) is 2.39. The van der Waals surface area contributed by atoms with Gasteiger partial charge >= 0.3 is 0 Å². The second kappa shape index (κ2) is 6.00. The van der Waals surface area contributed by atoms with Gasteiger partial charge in [-0.3, -0.25) is 15.1 Å². The van der Waals surface area contributed by atoms with Gasteiger partial charge < -0.3 is 5.32 Å². The van der Waals surface area contributed by atoms with Gasteiger partial charge in [-0.15, -0.1) is 0 Å². The number of halogens is 1. The molecule has 5 nitrogen and oxygen atoms in total. The Morgan fingerprint density at radius 3 is 2.70 bits per heavy atom. The number of anilines is 1. The third kappa shape index (κ3) is 2.96.